The van der Waals surface area contributed by atoms with Crippen LogP contribution in [0, 0.1) is 0 Å². The number of methoxy groups -OCH3 is 1. The van der Waals surface area contributed by atoms with Crippen molar-refractivity contribution in [1.82, 2.24) is 4.98 Å². The van der Waals surface area contributed by atoms with Gasteiger partial charge in [0.1, 0.15) is 5.75 Å². The van der Waals surface area contributed by atoms with Crippen LogP contribution in [-0.4, -0.2) is 33.2 Å². The van der Waals surface area contributed by atoms with E-state index >= 15 is 0 Å². The summed E-state index contributed by atoms with van der Waals surface area (Å²) in [5, 5.41) is 0. The molecular weight excluding hydrogens is 441 g/mol. The molecule has 0 spiro atoms. The molecule has 1 aromatic heterocycles. The minimum absolute atomic E-state index is 0.131. The second kappa shape index (κ2) is 9.86. The lowest BCUT2D eigenvalue weighted by molar-refractivity contribution is -0.131. The van der Waals surface area contributed by atoms with Crippen molar-refractivity contribution in [2.24, 2.45) is 0 Å². The highest BCUT2D eigenvalue weighted by molar-refractivity contribution is 7.92. The largest absolute Gasteiger partial charge is 0.497 e. The maximum Gasteiger partial charge on any atom is 0.390 e. The summed E-state index contributed by atoms with van der Waals surface area (Å²) in [6.45, 7) is -0.752. The van der Waals surface area contributed by atoms with Gasteiger partial charge in [0.15, 0.2) is 0 Å². The molecular formula is C23H21F3N2O3S. The highest BCUT2D eigenvalue weighted by atomic mass is 32.2. The number of hydrogen-bond donors (Lipinski definition) is 0. The molecule has 3 aromatic rings. The lowest BCUT2D eigenvalue weighted by atomic mass is 10.1. The van der Waals surface area contributed by atoms with Crippen LogP contribution in [0.1, 0.15) is 17.5 Å². The first-order valence-corrected chi connectivity index (χ1v) is 11.1. The predicted octanol–water partition coefficient (Wildman–Crippen LogP) is 5.41. The molecule has 0 amide bonds. The molecule has 0 saturated heterocycles. The summed E-state index contributed by atoms with van der Waals surface area (Å²) in [7, 11) is -2.84. The second-order valence-electron chi connectivity index (χ2n) is 6.79. The minimum atomic E-state index is -4.52. The molecule has 0 radical (unpaired) electrons. The molecule has 0 unspecified atom stereocenters. The molecule has 0 atom stereocenters. The standard InChI is InChI=1S/C23H21F3N2O3S/c1-31-20-8-10-21(11-9-20)32(29,30)28(17-14-23(24,25)26)22-5-3-2-4-19(22)7-6-18-12-15-27-16-13-18/h2-13,15-16H,14,17H2,1H3. The third-order valence-corrected chi connectivity index (χ3v) is 6.44. The summed E-state index contributed by atoms with van der Waals surface area (Å²) < 4.78 is 71.7. The molecule has 3 rings (SSSR count). The van der Waals surface area contributed by atoms with Gasteiger partial charge in [-0.1, -0.05) is 30.4 Å². The number of sulfonamides is 1. The Balaban J connectivity index is 2.05. The normalized spacial score (nSPS) is 12.1. The van der Waals surface area contributed by atoms with Gasteiger partial charge in [0.2, 0.25) is 0 Å². The number of hydrogen-bond acceptors (Lipinski definition) is 4. The molecule has 2 aromatic carbocycles. The summed E-state index contributed by atoms with van der Waals surface area (Å²) in [4.78, 5) is 3.80. The van der Waals surface area contributed by atoms with Crippen LogP contribution < -0.4 is 9.04 Å². The van der Waals surface area contributed by atoms with Crippen LogP contribution in [0.5, 0.6) is 5.75 Å². The van der Waals surface area contributed by atoms with Gasteiger partial charge in [-0.25, -0.2) is 8.42 Å². The summed E-state index contributed by atoms with van der Waals surface area (Å²) in [5.74, 6) is 0.437. The van der Waals surface area contributed by atoms with E-state index in [1.165, 1.54) is 37.4 Å². The third-order valence-electron chi connectivity index (χ3n) is 4.61. The van der Waals surface area contributed by atoms with Crippen LogP contribution in [0.15, 0.2) is 78.0 Å². The van der Waals surface area contributed by atoms with Crippen molar-refractivity contribution in [3.8, 4) is 5.75 Å². The first kappa shape index (κ1) is 23.3. The first-order valence-electron chi connectivity index (χ1n) is 9.61. The number of benzene rings is 2. The number of nitrogens with zero attached hydrogens (tertiary/aromatic N) is 2. The SMILES string of the molecule is COc1ccc(S(=O)(=O)N(CCC(F)(F)F)c2ccccc2C=Cc2ccncc2)cc1. The Labute approximate surface area is 184 Å². The zero-order valence-electron chi connectivity index (χ0n) is 17.2. The van der Waals surface area contributed by atoms with E-state index in [-0.39, 0.29) is 10.6 Å². The highest BCUT2D eigenvalue weighted by Gasteiger charge is 2.33. The van der Waals surface area contributed by atoms with Gasteiger partial charge >= 0.3 is 6.18 Å². The zero-order chi connectivity index (χ0) is 23.2. The number of pyridine rings is 1. The average molecular weight is 462 g/mol. The van der Waals surface area contributed by atoms with E-state index in [4.69, 9.17) is 4.74 Å². The van der Waals surface area contributed by atoms with Gasteiger partial charge in [-0.3, -0.25) is 9.29 Å². The fraction of sp³-hybridized carbons (Fsp3) is 0.174. The number of halogens is 3. The minimum Gasteiger partial charge on any atom is -0.497 e. The van der Waals surface area contributed by atoms with Crippen molar-refractivity contribution in [3.63, 3.8) is 0 Å². The summed E-state index contributed by atoms with van der Waals surface area (Å²) in [6, 6.07) is 15.5. The Hall–Kier alpha value is -3.33. The summed E-state index contributed by atoms with van der Waals surface area (Å²) >= 11 is 0. The van der Waals surface area contributed by atoms with Gasteiger partial charge in [-0.05, 0) is 53.6 Å². The molecule has 168 valence electrons. The molecule has 32 heavy (non-hydrogen) atoms. The van der Waals surface area contributed by atoms with E-state index in [1.807, 2.05) is 0 Å². The molecule has 1 heterocycles. The van der Waals surface area contributed by atoms with E-state index in [0.29, 0.717) is 11.3 Å². The molecule has 0 aliphatic carbocycles. The van der Waals surface area contributed by atoms with Crippen molar-refractivity contribution in [2.45, 2.75) is 17.5 Å². The lowest BCUT2D eigenvalue weighted by Gasteiger charge is -2.26. The van der Waals surface area contributed by atoms with E-state index in [0.717, 1.165) is 9.87 Å². The highest BCUT2D eigenvalue weighted by Crippen LogP contribution is 2.31. The zero-order valence-corrected chi connectivity index (χ0v) is 18.0. The Kier molecular flexibility index (Phi) is 7.19. The molecule has 0 N–H and O–H groups in total. The fourth-order valence-electron chi connectivity index (χ4n) is 2.99. The second-order valence-corrected chi connectivity index (χ2v) is 8.65. The van der Waals surface area contributed by atoms with Gasteiger partial charge in [0, 0.05) is 18.9 Å². The maximum atomic E-state index is 13.4. The molecule has 0 fully saturated rings. The Bertz CT molecular complexity index is 1160. The van der Waals surface area contributed by atoms with Crippen LogP contribution in [0.25, 0.3) is 12.2 Å². The molecule has 0 bridgehead atoms. The van der Waals surface area contributed by atoms with Crippen molar-refractivity contribution < 1.29 is 26.3 Å². The monoisotopic (exact) mass is 462 g/mol. The van der Waals surface area contributed by atoms with E-state index < -0.39 is 29.2 Å². The van der Waals surface area contributed by atoms with Crippen LogP contribution in [0.3, 0.4) is 0 Å². The van der Waals surface area contributed by atoms with Gasteiger partial charge in [-0.15, -0.1) is 0 Å². The predicted molar refractivity (Wildman–Crippen MR) is 118 cm³/mol. The topological polar surface area (TPSA) is 59.5 Å². The van der Waals surface area contributed by atoms with Gasteiger partial charge in [-0.2, -0.15) is 13.2 Å². The summed E-state index contributed by atoms with van der Waals surface area (Å²) in [5.41, 5.74) is 1.43. The quantitative estimate of drug-likeness (QED) is 0.449. The summed E-state index contributed by atoms with van der Waals surface area (Å²) in [6.07, 6.45) is 0.808. The average Bonchev–Trinajstić information content (AvgIpc) is 2.78. The maximum absolute atomic E-state index is 13.4. The first-order chi connectivity index (χ1) is 15.2. The number of ether oxygens (including phenoxy) is 1. The number of rotatable bonds is 8. The van der Waals surface area contributed by atoms with Crippen molar-refractivity contribution in [3.05, 3.63) is 84.2 Å². The number of aromatic nitrogens is 1. The third kappa shape index (κ3) is 5.88. The van der Waals surface area contributed by atoms with Gasteiger partial charge in [0.25, 0.3) is 10.0 Å². The van der Waals surface area contributed by atoms with Crippen LogP contribution in [0.2, 0.25) is 0 Å². The lowest BCUT2D eigenvalue weighted by Crippen LogP contribution is -2.34. The smallest absolute Gasteiger partial charge is 0.390 e. The number of para-hydroxylation sites is 1. The van der Waals surface area contributed by atoms with Crippen LogP contribution in [0.4, 0.5) is 18.9 Å². The fourth-order valence-corrected chi connectivity index (χ4v) is 4.48. The Morgan fingerprint density at radius 2 is 1.62 bits per heavy atom. The number of alkyl halides is 3. The van der Waals surface area contributed by atoms with Gasteiger partial charge in [0.05, 0.1) is 24.1 Å². The molecule has 5 nitrogen and oxygen atoms in total. The van der Waals surface area contributed by atoms with Crippen molar-refractivity contribution in [2.75, 3.05) is 18.0 Å². The molecule has 0 aliphatic heterocycles. The van der Waals surface area contributed by atoms with E-state index in [2.05, 4.69) is 4.98 Å². The molecule has 9 heteroatoms. The number of anilines is 1. The molecule has 0 aliphatic rings. The Morgan fingerprint density at radius 1 is 0.969 bits per heavy atom. The van der Waals surface area contributed by atoms with Crippen LogP contribution >= 0.6 is 0 Å². The van der Waals surface area contributed by atoms with E-state index in [1.54, 1.807) is 54.9 Å². The Morgan fingerprint density at radius 3 is 2.25 bits per heavy atom. The van der Waals surface area contributed by atoms with Gasteiger partial charge < -0.3 is 4.74 Å². The van der Waals surface area contributed by atoms with E-state index in [9.17, 15) is 21.6 Å². The molecule has 0 saturated carbocycles. The van der Waals surface area contributed by atoms with Crippen molar-refractivity contribution in [1.29, 1.82) is 0 Å². The van der Waals surface area contributed by atoms with Crippen LogP contribution in [-0.2, 0) is 10.0 Å². The van der Waals surface area contributed by atoms with Crippen molar-refractivity contribution >= 4 is 27.9 Å².